The summed E-state index contributed by atoms with van der Waals surface area (Å²) in [4.78, 5) is 25.1. The molecule has 0 heterocycles. The lowest BCUT2D eigenvalue weighted by Crippen LogP contribution is -2.36. The molecule has 2 aromatic rings. The summed E-state index contributed by atoms with van der Waals surface area (Å²) in [5, 5.41) is 9.64. The number of rotatable bonds is 8. The molecule has 138 valence electrons. The van der Waals surface area contributed by atoms with E-state index in [4.69, 9.17) is 26.2 Å². The number of hydrogen-bond donors (Lipinski definition) is 1. The number of carbonyl (C=O) groups excluding carboxylic acids is 1. The Bertz CT molecular complexity index is 771. The molecule has 0 aliphatic heterocycles. The van der Waals surface area contributed by atoms with Crippen molar-refractivity contribution < 1.29 is 24.2 Å². The molecule has 0 aliphatic rings. The average Bonchev–Trinajstić information content (AvgIpc) is 2.62. The minimum atomic E-state index is -1.09. The minimum Gasteiger partial charge on any atom is -0.497 e. The first-order valence-electron chi connectivity index (χ1n) is 7.88. The van der Waals surface area contributed by atoms with Gasteiger partial charge in [-0.25, -0.2) is 0 Å². The van der Waals surface area contributed by atoms with Crippen molar-refractivity contribution >= 4 is 23.5 Å². The van der Waals surface area contributed by atoms with E-state index < -0.39 is 12.5 Å². The molecule has 0 saturated heterocycles. The van der Waals surface area contributed by atoms with E-state index in [1.165, 1.54) is 19.1 Å². The fraction of sp³-hybridized carbons (Fsp3) is 0.263. The molecule has 0 spiro atoms. The largest absolute Gasteiger partial charge is 0.497 e. The van der Waals surface area contributed by atoms with Crippen LogP contribution in [0, 0.1) is 0 Å². The summed E-state index contributed by atoms with van der Waals surface area (Å²) in [5.74, 6) is -0.295. The number of nitrogens with zero attached hydrogens (tertiary/aromatic N) is 1. The van der Waals surface area contributed by atoms with Crippen molar-refractivity contribution in [3.8, 4) is 11.5 Å². The fourth-order valence-corrected chi connectivity index (χ4v) is 2.69. The third-order valence-corrected chi connectivity index (χ3v) is 4.13. The molecule has 0 fully saturated rings. The van der Waals surface area contributed by atoms with Crippen LogP contribution in [0.5, 0.6) is 11.5 Å². The van der Waals surface area contributed by atoms with Gasteiger partial charge in [-0.1, -0.05) is 29.8 Å². The second-order valence-corrected chi connectivity index (χ2v) is 6.04. The third-order valence-electron chi connectivity index (χ3n) is 3.76. The predicted molar refractivity (Wildman–Crippen MR) is 97.8 cm³/mol. The lowest BCUT2D eigenvalue weighted by molar-refractivity contribution is -0.144. The Morgan fingerprint density at radius 1 is 1.08 bits per heavy atom. The van der Waals surface area contributed by atoms with Gasteiger partial charge in [0.2, 0.25) is 5.91 Å². The number of aliphatic carboxylic acids is 1. The van der Waals surface area contributed by atoms with Crippen molar-refractivity contribution in [2.75, 3.05) is 20.8 Å². The van der Waals surface area contributed by atoms with E-state index >= 15 is 0 Å². The Hall–Kier alpha value is -2.73. The summed E-state index contributed by atoms with van der Waals surface area (Å²) in [6, 6.07) is 12.2. The molecule has 7 heteroatoms. The van der Waals surface area contributed by atoms with Crippen LogP contribution in [0.25, 0.3) is 0 Å². The number of carboxylic acids is 1. The molecule has 0 saturated carbocycles. The van der Waals surface area contributed by atoms with Gasteiger partial charge in [0.25, 0.3) is 0 Å². The zero-order valence-corrected chi connectivity index (χ0v) is 15.3. The molecule has 2 aromatic carbocycles. The summed E-state index contributed by atoms with van der Waals surface area (Å²) in [6.45, 7) is -0.300. The number of amides is 1. The van der Waals surface area contributed by atoms with Crippen molar-refractivity contribution in [1.29, 1.82) is 0 Å². The molecular formula is C19H20ClNO5. The van der Waals surface area contributed by atoms with E-state index in [1.807, 2.05) is 0 Å². The van der Waals surface area contributed by atoms with Gasteiger partial charge in [0, 0.05) is 17.6 Å². The molecule has 1 amide bonds. The van der Waals surface area contributed by atoms with E-state index in [-0.39, 0.29) is 18.9 Å². The van der Waals surface area contributed by atoms with Gasteiger partial charge in [0.1, 0.15) is 18.0 Å². The number of halogens is 1. The number of ether oxygens (including phenoxy) is 2. The first kappa shape index (κ1) is 19.6. The highest BCUT2D eigenvalue weighted by atomic mass is 35.5. The third kappa shape index (κ3) is 5.39. The molecule has 0 atom stereocenters. The second kappa shape index (κ2) is 9.10. The number of hydrogen-bond acceptors (Lipinski definition) is 4. The standard InChI is InChI=1S/C19H20ClNO5/c1-25-15-7-13(8-16(10-15)26-2)11-21(12-19(23)24)18(22)9-14-5-3-4-6-17(14)20/h3-8,10H,9,11-12H2,1-2H3,(H,23,24). The van der Waals surface area contributed by atoms with Crippen LogP contribution in [0.15, 0.2) is 42.5 Å². The highest BCUT2D eigenvalue weighted by molar-refractivity contribution is 6.31. The van der Waals surface area contributed by atoms with Crippen molar-refractivity contribution in [2.24, 2.45) is 0 Å². The molecule has 0 aliphatic carbocycles. The van der Waals surface area contributed by atoms with Crippen molar-refractivity contribution in [3.63, 3.8) is 0 Å². The fourth-order valence-electron chi connectivity index (χ4n) is 2.49. The zero-order valence-electron chi connectivity index (χ0n) is 14.6. The number of carboxylic acid groups (broad SMARTS) is 1. The van der Waals surface area contributed by atoms with E-state index in [0.29, 0.717) is 27.6 Å². The maximum absolute atomic E-state index is 12.7. The Kier molecular flexibility index (Phi) is 6.86. The maximum Gasteiger partial charge on any atom is 0.323 e. The number of carbonyl (C=O) groups is 2. The molecular weight excluding hydrogens is 358 g/mol. The van der Waals surface area contributed by atoms with Gasteiger partial charge in [-0.15, -0.1) is 0 Å². The van der Waals surface area contributed by atoms with Crippen LogP contribution in [0.2, 0.25) is 5.02 Å². The topological polar surface area (TPSA) is 76.1 Å². The summed E-state index contributed by atoms with van der Waals surface area (Å²) in [5.41, 5.74) is 1.35. The van der Waals surface area contributed by atoms with E-state index in [0.717, 1.165) is 0 Å². The molecule has 1 N–H and O–H groups in total. The van der Waals surface area contributed by atoms with E-state index in [9.17, 15) is 9.59 Å². The molecule has 0 bridgehead atoms. The zero-order chi connectivity index (χ0) is 19.1. The Morgan fingerprint density at radius 2 is 1.69 bits per heavy atom. The molecule has 0 radical (unpaired) electrons. The predicted octanol–water partition coefficient (Wildman–Crippen LogP) is 3.01. The first-order chi connectivity index (χ1) is 12.4. The molecule has 2 rings (SSSR count). The Labute approximate surface area is 156 Å². The normalized spacial score (nSPS) is 10.3. The Balaban J connectivity index is 2.23. The summed E-state index contributed by atoms with van der Waals surface area (Å²) < 4.78 is 10.4. The summed E-state index contributed by atoms with van der Waals surface area (Å²) in [6.07, 6.45) is 0.0219. The van der Waals surface area contributed by atoms with Gasteiger partial charge < -0.3 is 19.5 Å². The van der Waals surface area contributed by atoms with Crippen molar-refractivity contribution in [2.45, 2.75) is 13.0 Å². The van der Waals surface area contributed by atoms with Crippen molar-refractivity contribution in [1.82, 2.24) is 4.90 Å². The number of benzene rings is 2. The second-order valence-electron chi connectivity index (χ2n) is 5.63. The monoisotopic (exact) mass is 377 g/mol. The van der Waals surface area contributed by atoms with Gasteiger partial charge in [0.15, 0.2) is 0 Å². The highest BCUT2D eigenvalue weighted by Crippen LogP contribution is 2.24. The van der Waals surface area contributed by atoms with Crippen LogP contribution in [0.1, 0.15) is 11.1 Å². The lowest BCUT2D eigenvalue weighted by Gasteiger charge is -2.22. The van der Waals surface area contributed by atoms with Crippen LogP contribution in [0.4, 0.5) is 0 Å². The highest BCUT2D eigenvalue weighted by Gasteiger charge is 2.19. The minimum absolute atomic E-state index is 0.0219. The van der Waals surface area contributed by atoms with Crippen LogP contribution in [-0.4, -0.2) is 42.6 Å². The molecule has 26 heavy (non-hydrogen) atoms. The summed E-state index contributed by atoms with van der Waals surface area (Å²) >= 11 is 6.10. The van der Waals surface area contributed by atoms with Gasteiger partial charge in [-0.2, -0.15) is 0 Å². The molecule has 0 unspecified atom stereocenters. The van der Waals surface area contributed by atoms with E-state index in [1.54, 1.807) is 42.5 Å². The van der Waals surface area contributed by atoms with Crippen LogP contribution >= 0.6 is 11.6 Å². The van der Waals surface area contributed by atoms with Gasteiger partial charge in [-0.3, -0.25) is 9.59 Å². The lowest BCUT2D eigenvalue weighted by atomic mass is 10.1. The first-order valence-corrected chi connectivity index (χ1v) is 8.25. The molecule has 0 aromatic heterocycles. The number of methoxy groups -OCH3 is 2. The van der Waals surface area contributed by atoms with Gasteiger partial charge in [-0.05, 0) is 29.3 Å². The average molecular weight is 378 g/mol. The van der Waals surface area contributed by atoms with Gasteiger partial charge >= 0.3 is 5.97 Å². The van der Waals surface area contributed by atoms with Gasteiger partial charge in [0.05, 0.1) is 20.6 Å². The smallest absolute Gasteiger partial charge is 0.323 e. The summed E-state index contributed by atoms with van der Waals surface area (Å²) in [7, 11) is 3.05. The quantitative estimate of drug-likeness (QED) is 0.765. The Morgan fingerprint density at radius 3 is 2.23 bits per heavy atom. The van der Waals surface area contributed by atoms with E-state index in [2.05, 4.69) is 0 Å². The SMILES string of the molecule is COc1cc(CN(CC(=O)O)C(=O)Cc2ccccc2Cl)cc(OC)c1. The van der Waals surface area contributed by atoms with Crippen LogP contribution < -0.4 is 9.47 Å². The van der Waals surface area contributed by atoms with Crippen molar-refractivity contribution in [3.05, 3.63) is 58.6 Å². The van der Waals surface area contributed by atoms with Crippen LogP contribution in [0.3, 0.4) is 0 Å². The van der Waals surface area contributed by atoms with Crippen LogP contribution in [-0.2, 0) is 22.6 Å². The molecule has 6 nitrogen and oxygen atoms in total. The maximum atomic E-state index is 12.7.